The third kappa shape index (κ3) is 8.65. The van der Waals surface area contributed by atoms with Gasteiger partial charge >= 0.3 is 8.80 Å². The molecule has 0 spiro atoms. The fourth-order valence-corrected chi connectivity index (χ4v) is 3.53. The van der Waals surface area contributed by atoms with Gasteiger partial charge < -0.3 is 23.9 Å². The van der Waals surface area contributed by atoms with E-state index in [0.29, 0.717) is 13.0 Å². The lowest BCUT2D eigenvalue weighted by molar-refractivity contribution is -0.121. The van der Waals surface area contributed by atoms with E-state index >= 15 is 0 Å². The summed E-state index contributed by atoms with van der Waals surface area (Å²) in [6.45, 7) is 4.41. The van der Waals surface area contributed by atoms with Crippen molar-refractivity contribution in [1.82, 2.24) is 10.6 Å². The van der Waals surface area contributed by atoms with Gasteiger partial charge in [-0.3, -0.25) is 4.79 Å². The SMILES string of the molecule is CCCCNC(=O)CCNCCC[Si](OC)(OC)OC. The largest absolute Gasteiger partial charge is 0.500 e. The summed E-state index contributed by atoms with van der Waals surface area (Å²) in [6, 6.07) is 0.770. The van der Waals surface area contributed by atoms with Gasteiger partial charge in [-0.1, -0.05) is 13.3 Å². The highest BCUT2D eigenvalue weighted by Gasteiger charge is 2.36. The van der Waals surface area contributed by atoms with Crippen molar-refractivity contribution in [2.75, 3.05) is 41.0 Å². The van der Waals surface area contributed by atoms with E-state index < -0.39 is 8.80 Å². The highest BCUT2D eigenvalue weighted by molar-refractivity contribution is 6.60. The third-order valence-electron chi connectivity index (χ3n) is 3.15. The maximum absolute atomic E-state index is 11.4. The molecule has 0 heterocycles. The van der Waals surface area contributed by atoms with Gasteiger partial charge in [-0.25, -0.2) is 0 Å². The molecule has 120 valence electrons. The maximum atomic E-state index is 11.4. The normalized spacial score (nSPS) is 11.6. The van der Waals surface area contributed by atoms with Gasteiger partial charge in [0.1, 0.15) is 0 Å². The molecule has 7 heteroatoms. The van der Waals surface area contributed by atoms with Gasteiger partial charge in [0.2, 0.25) is 5.91 Å². The molecule has 1 amide bonds. The first-order valence-corrected chi connectivity index (χ1v) is 9.20. The molecule has 0 unspecified atom stereocenters. The van der Waals surface area contributed by atoms with Crippen molar-refractivity contribution in [3.63, 3.8) is 0 Å². The number of amides is 1. The highest BCUT2D eigenvalue weighted by atomic mass is 28.4. The van der Waals surface area contributed by atoms with Gasteiger partial charge in [0, 0.05) is 46.9 Å². The lowest BCUT2D eigenvalue weighted by atomic mass is 10.3. The zero-order valence-electron chi connectivity index (χ0n) is 13.3. The Morgan fingerprint density at radius 1 is 1.00 bits per heavy atom. The van der Waals surface area contributed by atoms with Crippen LogP contribution in [-0.4, -0.2) is 55.7 Å². The molecular formula is C13H30N2O4Si. The van der Waals surface area contributed by atoms with Gasteiger partial charge in [-0.05, 0) is 19.4 Å². The molecule has 0 aliphatic heterocycles. The van der Waals surface area contributed by atoms with Crippen LogP contribution in [0, 0.1) is 0 Å². The van der Waals surface area contributed by atoms with E-state index in [9.17, 15) is 4.79 Å². The van der Waals surface area contributed by atoms with Crippen LogP contribution in [0.5, 0.6) is 0 Å². The molecule has 0 aromatic heterocycles. The number of hydrogen-bond donors (Lipinski definition) is 2. The average Bonchev–Trinajstić information content (AvgIpc) is 2.47. The molecule has 6 nitrogen and oxygen atoms in total. The number of hydrogen-bond acceptors (Lipinski definition) is 5. The van der Waals surface area contributed by atoms with Crippen LogP contribution < -0.4 is 10.6 Å². The Morgan fingerprint density at radius 2 is 1.65 bits per heavy atom. The smallest absolute Gasteiger partial charge is 0.377 e. The number of rotatable bonds is 13. The van der Waals surface area contributed by atoms with Gasteiger partial charge in [-0.2, -0.15) is 0 Å². The Hall–Kier alpha value is -0.473. The molecule has 0 aliphatic rings. The first-order chi connectivity index (χ1) is 9.64. The van der Waals surface area contributed by atoms with E-state index in [4.69, 9.17) is 13.3 Å². The fraction of sp³-hybridized carbons (Fsp3) is 0.923. The minimum Gasteiger partial charge on any atom is -0.377 e. The second kappa shape index (κ2) is 12.3. The zero-order valence-corrected chi connectivity index (χ0v) is 14.3. The van der Waals surface area contributed by atoms with Crippen LogP contribution >= 0.6 is 0 Å². The minimum atomic E-state index is -2.44. The lowest BCUT2D eigenvalue weighted by Gasteiger charge is -2.24. The molecule has 0 fully saturated rings. The second-order valence-corrected chi connectivity index (χ2v) is 7.69. The summed E-state index contributed by atoms with van der Waals surface area (Å²) in [5, 5.41) is 6.14. The average molecular weight is 306 g/mol. The number of unbranched alkanes of at least 4 members (excludes halogenated alkanes) is 1. The van der Waals surface area contributed by atoms with E-state index in [1.807, 2.05) is 0 Å². The van der Waals surface area contributed by atoms with Gasteiger partial charge in [-0.15, -0.1) is 0 Å². The molecule has 0 saturated carbocycles. The predicted molar refractivity (Wildman–Crippen MR) is 81.6 cm³/mol. The predicted octanol–water partition coefficient (Wildman–Crippen LogP) is 1.15. The summed E-state index contributed by atoms with van der Waals surface area (Å²) in [5.74, 6) is 0.111. The topological polar surface area (TPSA) is 68.8 Å². The molecule has 20 heavy (non-hydrogen) atoms. The van der Waals surface area contributed by atoms with Crippen LogP contribution in [0.15, 0.2) is 0 Å². The zero-order chi connectivity index (χ0) is 15.3. The summed E-state index contributed by atoms with van der Waals surface area (Å²) >= 11 is 0. The van der Waals surface area contributed by atoms with Gasteiger partial charge in [0.25, 0.3) is 0 Å². The van der Waals surface area contributed by atoms with Crippen molar-refractivity contribution >= 4 is 14.7 Å². The number of carbonyl (C=O) groups is 1. The first kappa shape index (κ1) is 19.5. The summed E-state index contributed by atoms with van der Waals surface area (Å²) in [5.41, 5.74) is 0. The van der Waals surface area contributed by atoms with Crippen molar-refractivity contribution in [1.29, 1.82) is 0 Å². The molecule has 0 aromatic carbocycles. The van der Waals surface area contributed by atoms with Crippen LogP contribution in [0.2, 0.25) is 6.04 Å². The van der Waals surface area contributed by atoms with Gasteiger partial charge in [0.15, 0.2) is 0 Å². The monoisotopic (exact) mass is 306 g/mol. The van der Waals surface area contributed by atoms with E-state index in [-0.39, 0.29) is 5.91 Å². The maximum Gasteiger partial charge on any atom is 0.500 e. The Bertz CT molecular complexity index is 242. The quantitative estimate of drug-likeness (QED) is 0.395. The van der Waals surface area contributed by atoms with Crippen molar-refractivity contribution in [3.05, 3.63) is 0 Å². The molecule has 0 saturated heterocycles. The number of carbonyl (C=O) groups excluding carboxylic acids is 1. The molecule has 0 atom stereocenters. The molecule has 0 radical (unpaired) electrons. The lowest BCUT2D eigenvalue weighted by Crippen LogP contribution is -2.43. The van der Waals surface area contributed by atoms with Crippen LogP contribution in [0.1, 0.15) is 32.6 Å². The Kier molecular flexibility index (Phi) is 12.0. The Labute approximate surface area is 123 Å². The third-order valence-corrected chi connectivity index (χ3v) is 5.98. The van der Waals surface area contributed by atoms with E-state index in [1.54, 1.807) is 21.3 Å². The fourth-order valence-electron chi connectivity index (χ4n) is 1.81. The second-order valence-electron chi connectivity index (χ2n) is 4.60. The standard InChI is InChI=1S/C13H30N2O4Si/c1-5-6-10-15-13(16)8-11-14-9-7-12-20(17-2,18-3)19-4/h14H,5-12H2,1-4H3,(H,15,16). The Balaban J connectivity index is 3.55. The van der Waals surface area contributed by atoms with E-state index in [2.05, 4.69) is 17.6 Å². The summed E-state index contributed by atoms with van der Waals surface area (Å²) < 4.78 is 16.0. The van der Waals surface area contributed by atoms with Crippen molar-refractivity contribution in [2.45, 2.75) is 38.7 Å². The summed E-state index contributed by atoms with van der Waals surface area (Å²) in [6.07, 6.45) is 3.56. The highest BCUT2D eigenvalue weighted by Crippen LogP contribution is 2.14. The van der Waals surface area contributed by atoms with Crippen molar-refractivity contribution in [2.24, 2.45) is 0 Å². The molecule has 2 N–H and O–H groups in total. The van der Waals surface area contributed by atoms with Crippen molar-refractivity contribution in [3.8, 4) is 0 Å². The van der Waals surface area contributed by atoms with Crippen LogP contribution in [0.4, 0.5) is 0 Å². The van der Waals surface area contributed by atoms with Crippen LogP contribution in [-0.2, 0) is 18.1 Å². The molecular weight excluding hydrogens is 276 g/mol. The summed E-state index contributed by atoms with van der Waals surface area (Å²) in [4.78, 5) is 11.4. The molecule has 0 aromatic rings. The molecule has 0 rings (SSSR count). The summed E-state index contributed by atoms with van der Waals surface area (Å²) in [7, 11) is 2.41. The number of nitrogens with one attached hydrogen (secondary N) is 2. The minimum absolute atomic E-state index is 0.111. The van der Waals surface area contributed by atoms with E-state index in [0.717, 1.165) is 38.4 Å². The van der Waals surface area contributed by atoms with Crippen LogP contribution in [0.25, 0.3) is 0 Å². The molecule has 0 bridgehead atoms. The Morgan fingerprint density at radius 3 is 2.20 bits per heavy atom. The van der Waals surface area contributed by atoms with Crippen LogP contribution in [0.3, 0.4) is 0 Å². The van der Waals surface area contributed by atoms with Crippen molar-refractivity contribution < 1.29 is 18.1 Å². The first-order valence-electron chi connectivity index (χ1n) is 7.27. The molecule has 0 aliphatic carbocycles. The van der Waals surface area contributed by atoms with Gasteiger partial charge in [0.05, 0.1) is 0 Å². The van der Waals surface area contributed by atoms with E-state index in [1.165, 1.54) is 0 Å².